The molecule has 8 heteroatoms. The van der Waals surface area contributed by atoms with Crippen LogP contribution in [0.5, 0.6) is 5.88 Å². The van der Waals surface area contributed by atoms with Crippen LogP contribution in [0.3, 0.4) is 0 Å². The van der Waals surface area contributed by atoms with Gasteiger partial charge < -0.3 is 14.2 Å². The predicted molar refractivity (Wildman–Crippen MR) is 91.0 cm³/mol. The van der Waals surface area contributed by atoms with Crippen LogP contribution in [0.4, 0.5) is 5.95 Å². The Balaban J connectivity index is 1.62. The minimum absolute atomic E-state index is 0.612. The lowest BCUT2D eigenvalue weighted by atomic mass is 10.4. The SMILES string of the molecule is CCOc1ccnc(N2CCCN(Cc3nnc(C)n3C)CC2)n1. The molecule has 2 aromatic heterocycles. The average Bonchev–Trinajstić information content (AvgIpc) is 2.79. The molecule has 0 unspecified atom stereocenters. The molecule has 0 bridgehead atoms. The highest BCUT2D eigenvalue weighted by Crippen LogP contribution is 2.16. The summed E-state index contributed by atoms with van der Waals surface area (Å²) < 4.78 is 7.53. The molecule has 24 heavy (non-hydrogen) atoms. The molecule has 8 nitrogen and oxygen atoms in total. The standard InChI is InChI=1S/C16H25N7O/c1-4-24-15-6-7-17-16(18-15)23-9-5-8-22(10-11-23)12-14-20-19-13(2)21(14)3/h6-7H,4-5,8-12H2,1-3H3. The van der Waals surface area contributed by atoms with Crippen LogP contribution in [0.15, 0.2) is 12.3 Å². The summed E-state index contributed by atoms with van der Waals surface area (Å²) in [6.45, 7) is 9.20. The summed E-state index contributed by atoms with van der Waals surface area (Å²) in [5.41, 5.74) is 0. The van der Waals surface area contributed by atoms with Gasteiger partial charge in [-0.1, -0.05) is 0 Å². The largest absolute Gasteiger partial charge is 0.478 e. The average molecular weight is 331 g/mol. The van der Waals surface area contributed by atoms with E-state index in [0.29, 0.717) is 12.5 Å². The smallest absolute Gasteiger partial charge is 0.228 e. The molecule has 1 aliphatic rings. The van der Waals surface area contributed by atoms with E-state index < -0.39 is 0 Å². The van der Waals surface area contributed by atoms with Gasteiger partial charge in [0.05, 0.1) is 13.2 Å². The van der Waals surface area contributed by atoms with Gasteiger partial charge in [0.15, 0.2) is 0 Å². The summed E-state index contributed by atoms with van der Waals surface area (Å²) in [6.07, 6.45) is 2.83. The van der Waals surface area contributed by atoms with E-state index in [-0.39, 0.29) is 0 Å². The topological polar surface area (TPSA) is 72.2 Å². The van der Waals surface area contributed by atoms with Crippen molar-refractivity contribution in [3.05, 3.63) is 23.9 Å². The summed E-state index contributed by atoms with van der Waals surface area (Å²) >= 11 is 0. The Labute approximate surface area is 142 Å². The fraction of sp³-hybridized carbons (Fsp3) is 0.625. The maximum atomic E-state index is 5.48. The van der Waals surface area contributed by atoms with Crippen LogP contribution in [0, 0.1) is 6.92 Å². The zero-order valence-corrected chi connectivity index (χ0v) is 14.6. The van der Waals surface area contributed by atoms with Crippen molar-refractivity contribution in [2.75, 3.05) is 37.7 Å². The van der Waals surface area contributed by atoms with Gasteiger partial charge >= 0.3 is 0 Å². The first-order chi connectivity index (χ1) is 11.7. The van der Waals surface area contributed by atoms with Crippen LogP contribution in [-0.4, -0.2) is 62.4 Å². The molecule has 0 atom stereocenters. The third-order valence-corrected chi connectivity index (χ3v) is 4.33. The Kier molecular flexibility index (Phi) is 5.24. The van der Waals surface area contributed by atoms with E-state index in [4.69, 9.17) is 4.74 Å². The molecule has 1 fully saturated rings. The summed E-state index contributed by atoms with van der Waals surface area (Å²) in [5.74, 6) is 3.34. The molecule has 0 radical (unpaired) electrons. The van der Waals surface area contributed by atoms with Crippen molar-refractivity contribution in [3.63, 3.8) is 0 Å². The zero-order chi connectivity index (χ0) is 16.9. The normalized spacial score (nSPS) is 16.2. The Hall–Kier alpha value is -2.22. The number of rotatable bonds is 5. The van der Waals surface area contributed by atoms with Crippen LogP contribution in [0.1, 0.15) is 25.0 Å². The molecule has 3 heterocycles. The summed E-state index contributed by atoms with van der Waals surface area (Å²) in [7, 11) is 2.02. The van der Waals surface area contributed by atoms with Crippen molar-refractivity contribution in [2.45, 2.75) is 26.8 Å². The second-order valence-corrected chi connectivity index (χ2v) is 5.97. The number of aromatic nitrogens is 5. The maximum absolute atomic E-state index is 5.48. The van der Waals surface area contributed by atoms with Crippen molar-refractivity contribution in [3.8, 4) is 5.88 Å². The van der Waals surface area contributed by atoms with Gasteiger partial charge in [0.25, 0.3) is 0 Å². The van der Waals surface area contributed by atoms with Crippen LogP contribution < -0.4 is 9.64 Å². The molecule has 2 aromatic rings. The molecular formula is C16H25N7O. The molecule has 1 saturated heterocycles. The van der Waals surface area contributed by atoms with Crippen molar-refractivity contribution in [1.29, 1.82) is 0 Å². The number of ether oxygens (including phenoxy) is 1. The lowest BCUT2D eigenvalue weighted by molar-refractivity contribution is 0.275. The van der Waals surface area contributed by atoms with Gasteiger partial charge in [-0.3, -0.25) is 4.90 Å². The Morgan fingerprint density at radius 2 is 2.04 bits per heavy atom. The van der Waals surface area contributed by atoms with Gasteiger partial charge in [-0.2, -0.15) is 4.98 Å². The molecule has 0 N–H and O–H groups in total. The number of hydrogen-bond donors (Lipinski definition) is 0. The monoisotopic (exact) mass is 331 g/mol. The molecular weight excluding hydrogens is 306 g/mol. The van der Waals surface area contributed by atoms with Gasteiger partial charge in [-0.25, -0.2) is 4.98 Å². The number of nitrogens with zero attached hydrogens (tertiary/aromatic N) is 7. The summed E-state index contributed by atoms with van der Waals surface area (Å²) in [4.78, 5) is 13.5. The predicted octanol–water partition coefficient (Wildman–Crippen LogP) is 1.02. The fourth-order valence-electron chi connectivity index (χ4n) is 2.83. The van der Waals surface area contributed by atoms with E-state index in [2.05, 4.69) is 34.5 Å². The van der Waals surface area contributed by atoms with Gasteiger partial charge in [-0.05, 0) is 20.3 Å². The zero-order valence-electron chi connectivity index (χ0n) is 14.6. The maximum Gasteiger partial charge on any atom is 0.228 e. The number of aryl methyl sites for hydroxylation is 1. The van der Waals surface area contributed by atoms with Crippen molar-refractivity contribution in [2.24, 2.45) is 7.05 Å². The minimum atomic E-state index is 0.612. The molecule has 1 aliphatic heterocycles. The molecule has 0 saturated carbocycles. The molecule has 0 aromatic carbocycles. The van der Waals surface area contributed by atoms with E-state index in [0.717, 1.165) is 56.7 Å². The Bertz CT molecular complexity index is 672. The Morgan fingerprint density at radius 1 is 1.17 bits per heavy atom. The first kappa shape index (κ1) is 16.6. The third kappa shape index (κ3) is 3.81. The van der Waals surface area contributed by atoms with E-state index in [1.165, 1.54) is 0 Å². The van der Waals surface area contributed by atoms with Gasteiger partial charge in [0, 0.05) is 45.5 Å². The van der Waals surface area contributed by atoms with Gasteiger partial charge in [0.1, 0.15) is 11.6 Å². The third-order valence-electron chi connectivity index (χ3n) is 4.33. The lowest BCUT2D eigenvalue weighted by Crippen LogP contribution is -2.32. The van der Waals surface area contributed by atoms with E-state index >= 15 is 0 Å². The molecule has 0 amide bonds. The van der Waals surface area contributed by atoms with Crippen LogP contribution in [0.2, 0.25) is 0 Å². The second kappa shape index (κ2) is 7.57. The van der Waals surface area contributed by atoms with E-state index in [1.807, 2.05) is 20.9 Å². The quantitative estimate of drug-likeness (QED) is 0.810. The highest BCUT2D eigenvalue weighted by Gasteiger charge is 2.19. The van der Waals surface area contributed by atoms with Gasteiger partial charge in [-0.15, -0.1) is 10.2 Å². The van der Waals surface area contributed by atoms with E-state index in [1.54, 1.807) is 12.3 Å². The highest BCUT2D eigenvalue weighted by atomic mass is 16.5. The fourth-order valence-corrected chi connectivity index (χ4v) is 2.83. The highest BCUT2D eigenvalue weighted by molar-refractivity contribution is 5.32. The first-order valence-corrected chi connectivity index (χ1v) is 8.45. The molecule has 3 rings (SSSR count). The Morgan fingerprint density at radius 3 is 2.79 bits per heavy atom. The van der Waals surface area contributed by atoms with Crippen LogP contribution >= 0.6 is 0 Å². The van der Waals surface area contributed by atoms with Crippen LogP contribution in [-0.2, 0) is 13.6 Å². The van der Waals surface area contributed by atoms with Crippen molar-refractivity contribution < 1.29 is 4.74 Å². The minimum Gasteiger partial charge on any atom is -0.478 e. The second-order valence-electron chi connectivity index (χ2n) is 5.97. The van der Waals surface area contributed by atoms with Crippen LogP contribution in [0.25, 0.3) is 0 Å². The van der Waals surface area contributed by atoms with E-state index in [9.17, 15) is 0 Å². The number of anilines is 1. The first-order valence-electron chi connectivity index (χ1n) is 8.45. The number of hydrogen-bond acceptors (Lipinski definition) is 7. The molecule has 0 spiro atoms. The van der Waals surface area contributed by atoms with Crippen molar-refractivity contribution >= 4 is 5.95 Å². The molecule has 130 valence electrons. The summed E-state index contributed by atoms with van der Waals surface area (Å²) in [5, 5.41) is 8.40. The molecule has 0 aliphatic carbocycles. The van der Waals surface area contributed by atoms with Gasteiger partial charge in [0.2, 0.25) is 11.8 Å². The van der Waals surface area contributed by atoms with Crippen molar-refractivity contribution in [1.82, 2.24) is 29.6 Å². The summed E-state index contributed by atoms with van der Waals surface area (Å²) in [6, 6.07) is 1.80. The lowest BCUT2D eigenvalue weighted by Gasteiger charge is -2.21.